The van der Waals surface area contributed by atoms with Crippen LogP contribution < -0.4 is 5.73 Å². The second-order valence-corrected chi connectivity index (χ2v) is 8.55. The van der Waals surface area contributed by atoms with Crippen LogP contribution in [0.3, 0.4) is 0 Å². The number of piperidine rings is 1. The van der Waals surface area contributed by atoms with E-state index in [-0.39, 0.29) is 29.6 Å². The Balaban J connectivity index is 2.04. The first kappa shape index (κ1) is 16.5. The summed E-state index contributed by atoms with van der Waals surface area (Å²) in [5.41, 5.74) is 5.07. The Bertz CT molecular complexity index is 803. The van der Waals surface area contributed by atoms with Gasteiger partial charge < -0.3 is 20.4 Å². The number of hydrogen-bond acceptors (Lipinski definition) is 4. The molecule has 0 spiro atoms. The summed E-state index contributed by atoms with van der Waals surface area (Å²) in [5.74, 6) is -0.743. The van der Waals surface area contributed by atoms with E-state index in [9.17, 15) is 19.8 Å². The van der Waals surface area contributed by atoms with Gasteiger partial charge >= 0.3 is 0 Å². The number of fused-ring (bicyclic) bond motifs is 1. The van der Waals surface area contributed by atoms with Crippen molar-refractivity contribution >= 4 is 11.7 Å². The predicted molar refractivity (Wildman–Crippen MR) is 91.2 cm³/mol. The number of phenols is 1. The number of nitrogens with zero attached hydrogens (tertiary/aromatic N) is 1. The fraction of sp³-hybridized carbons (Fsp3) is 0.579. The molecule has 1 aromatic carbocycles. The lowest BCUT2D eigenvalue weighted by atomic mass is 9.48. The van der Waals surface area contributed by atoms with Crippen molar-refractivity contribution in [2.75, 3.05) is 20.6 Å². The van der Waals surface area contributed by atoms with E-state index in [1.807, 2.05) is 6.07 Å². The van der Waals surface area contributed by atoms with Gasteiger partial charge in [-0.1, -0.05) is 6.07 Å². The van der Waals surface area contributed by atoms with Gasteiger partial charge in [0.15, 0.2) is 0 Å². The van der Waals surface area contributed by atoms with Crippen LogP contribution in [0.15, 0.2) is 12.1 Å². The first-order chi connectivity index (χ1) is 11.6. The van der Waals surface area contributed by atoms with Crippen LogP contribution in [0.25, 0.3) is 0 Å². The number of ketones is 1. The number of likely N-dealkylation sites (tertiary alicyclic amines) is 1. The third-order valence-electron chi connectivity index (χ3n) is 7.04. The molecule has 0 aromatic heterocycles. The first-order valence-electron chi connectivity index (χ1n) is 8.84. The second-order valence-electron chi connectivity index (χ2n) is 8.55. The van der Waals surface area contributed by atoms with Crippen LogP contribution in [-0.2, 0) is 16.6 Å². The first-order valence-corrected chi connectivity index (χ1v) is 8.84. The Hall–Kier alpha value is -1.92. The molecule has 25 heavy (non-hydrogen) atoms. The summed E-state index contributed by atoms with van der Waals surface area (Å²) in [7, 11) is 4.23. The van der Waals surface area contributed by atoms with Crippen LogP contribution in [0.5, 0.6) is 5.75 Å². The number of quaternary nitrogens is 1. The van der Waals surface area contributed by atoms with E-state index >= 15 is 0 Å². The second kappa shape index (κ2) is 4.83. The summed E-state index contributed by atoms with van der Waals surface area (Å²) in [6.45, 7) is 0.805. The topological polar surface area (TPSA) is 101 Å². The van der Waals surface area contributed by atoms with E-state index in [4.69, 9.17) is 5.73 Å². The van der Waals surface area contributed by atoms with E-state index in [1.165, 1.54) is 0 Å². The minimum Gasteiger partial charge on any atom is -0.507 e. The SMILES string of the molecule is C[N+]1(C)CC[C@]23CC(=O)CC[C@@]2(O)[C@H]1Cc1ccc(C(N)=O)c(O)c13. The fourth-order valence-corrected chi connectivity index (χ4v) is 5.74. The van der Waals surface area contributed by atoms with Gasteiger partial charge in [-0.25, -0.2) is 0 Å². The fourth-order valence-electron chi connectivity index (χ4n) is 5.74. The molecule has 1 aromatic rings. The molecule has 0 radical (unpaired) electrons. The highest BCUT2D eigenvalue weighted by Gasteiger charge is 2.69. The minimum absolute atomic E-state index is 0.0410. The summed E-state index contributed by atoms with van der Waals surface area (Å²) >= 11 is 0. The lowest BCUT2D eigenvalue weighted by Gasteiger charge is -2.64. The minimum atomic E-state index is -1.07. The summed E-state index contributed by atoms with van der Waals surface area (Å²) in [6.07, 6.45) is 2.18. The van der Waals surface area contributed by atoms with Gasteiger partial charge in [-0.3, -0.25) is 9.59 Å². The quantitative estimate of drug-likeness (QED) is 0.650. The van der Waals surface area contributed by atoms with Gasteiger partial charge in [-0.05, 0) is 18.1 Å². The van der Waals surface area contributed by atoms with Gasteiger partial charge in [0.05, 0.1) is 26.2 Å². The number of benzene rings is 1. The molecule has 1 saturated carbocycles. The van der Waals surface area contributed by atoms with Crippen molar-refractivity contribution in [1.29, 1.82) is 0 Å². The molecule has 2 aliphatic carbocycles. The monoisotopic (exact) mass is 345 g/mol. The predicted octanol–water partition coefficient (Wildman–Crippen LogP) is 0.618. The molecular formula is C19H25N2O4+. The molecule has 6 heteroatoms. The molecule has 1 amide bonds. The largest absolute Gasteiger partial charge is 0.507 e. The van der Waals surface area contributed by atoms with E-state index in [0.717, 1.165) is 12.1 Å². The molecule has 6 nitrogen and oxygen atoms in total. The van der Waals surface area contributed by atoms with Gasteiger partial charge in [0.2, 0.25) is 0 Å². The Kier molecular flexibility index (Phi) is 3.19. The van der Waals surface area contributed by atoms with E-state index < -0.39 is 16.9 Å². The average Bonchev–Trinajstić information content (AvgIpc) is 2.52. The zero-order chi connectivity index (χ0) is 18.2. The molecule has 3 atom stereocenters. The van der Waals surface area contributed by atoms with Gasteiger partial charge in [0.25, 0.3) is 5.91 Å². The number of likely N-dealkylation sites (N-methyl/N-ethyl adjacent to an activating group) is 1. The molecule has 1 saturated heterocycles. The standard InChI is InChI=1S/C19H24N2O4/c1-21(2)8-7-18-10-12(22)5-6-19(18,25)14(21)9-11-3-4-13(17(20)24)16(23)15(11)18/h3-4,14,25H,5-10H2,1-2H3,(H2-,20,23,24)/p+1/t14-,18-,19-/m1/s1. The van der Waals surface area contributed by atoms with Crippen molar-refractivity contribution < 1.29 is 24.3 Å². The van der Waals surface area contributed by atoms with Crippen LogP contribution in [0.4, 0.5) is 0 Å². The molecule has 1 aliphatic heterocycles. The lowest BCUT2D eigenvalue weighted by molar-refractivity contribution is -0.931. The number of aliphatic hydroxyl groups is 1. The van der Waals surface area contributed by atoms with Crippen molar-refractivity contribution in [3.05, 3.63) is 28.8 Å². The molecular weight excluding hydrogens is 320 g/mol. The van der Waals surface area contributed by atoms with Crippen LogP contribution >= 0.6 is 0 Å². The van der Waals surface area contributed by atoms with Crippen LogP contribution in [0, 0.1) is 0 Å². The van der Waals surface area contributed by atoms with Crippen LogP contribution in [0.1, 0.15) is 47.2 Å². The number of aromatic hydroxyl groups is 1. The molecule has 2 fully saturated rings. The van der Waals surface area contributed by atoms with Gasteiger partial charge in [-0.2, -0.15) is 0 Å². The van der Waals surface area contributed by atoms with Crippen LogP contribution in [-0.4, -0.2) is 58.7 Å². The summed E-state index contributed by atoms with van der Waals surface area (Å²) in [5, 5.41) is 22.7. The van der Waals surface area contributed by atoms with Crippen molar-refractivity contribution in [3.8, 4) is 5.75 Å². The Morgan fingerprint density at radius 3 is 2.72 bits per heavy atom. The van der Waals surface area contributed by atoms with Crippen molar-refractivity contribution in [1.82, 2.24) is 0 Å². The maximum absolute atomic E-state index is 12.4. The number of Topliss-reactive ketones (excluding diaryl/α,β-unsaturated/α-hetero) is 1. The molecule has 1 heterocycles. The highest BCUT2D eigenvalue weighted by atomic mass is 16.3. The number of carbonyl (C=O) groups is 2. The van der Waals surface area contributed by atoms with Gasteiger partial charge in [-0.15, -0.1) is 0 Å². The Morgan fingerprint density at radius 1 is 1.32 bits per heavy atom. The number of rotatable bonds is 1. The Morgan fingerprint density at radius 2 is 2.04 bits per heavy atom. The molecule has 134 valence electrons. The summed E-state index contributed by atoms with van der Waals surface area (Å²) in [4.78, 5) is 24.1. The molecule has 4 N–H and O–H groups in total. The van der Waals surface area contributed by atoms with Crippen LogP contribution in [0.2, 0.25) is 0 Å². The maximum Gasteiger partial charge on any atom is 0.252 e. The number of primary amides is 1. The number of amides is 1. The summed E-state index contributed by atoms with van der Waals surface area (Å²) in [6, 6.07) is 3.34. The number of hydrogen-bond donors (Lipinski definition) is 3. The van der Waals surface area contributed by atoms with E-state index in [2.05, 4.69) is 14.1 Å². The van der Waals surface area contributed by atoms with Crippen molar-refractivity contribution in [3.63, 3.8) is 0 Å². The smallest absolute Gasteiger partial charge is 0.252 e. The van der Waals surface area contributed by atoms with Crippen molar-refractivity contribution in [2.45, 2.75) is 49.2 Å². The number of carbonyl (C=O) groups excluding carboxylic acids is 2. The molecule has 0 unspecified atom stereocenters. The lowest BCUT2D eigenvalue weighted by Crippen LogP contribution is -2.77. The number of nitrogens with two attached hydrogens (primary N) is 1. The normalized spacial score (nSPS) is 35.6. The average molecular weight is 345 g/mol. The molecule has 2 bridgehead atoms. The van der Waals surface area contributed by atoms with E-state index in [0.29, 0.717) is 35.7 Å². The third-order valence-corrected chi connectivity index (χ3v) is 7.04. The van der Waals surface area contributed by atoms with Crippen molar-refractivity contribution in [2.24, 2.45) is 5.73 Å². The summed E-state index contributed by atoms with van der Waals surface area (Å²) < 4.78 is 0.685. The zero-order valence-corrected chi connectivity index (χ0v) is 14.7. The Labute approximate surface area is 146 Å². The highest BCUT2D eigenvalue weighted by Crippen LogP contribution is 2.60. The van der Waals surface area contributed by atoms with Gasteiger partial charge in [0, 0.05) is 36.7 Å². The zero-order valence-electron chi connectivity index (χ0n) is 14.7. The molecule has 4 rings (SSSR count). The molecule has 3 aliphatic rings. The van der Waals surface area contributed by atoms with E-state index in [1.54, 1.807) is 6.07 Å². The van der Waals surface area contributed by atoms with Gasteiger partial charge in [0.1, 0.15) is 23.2 Å². The maximum atomic E-state index is 12.4. The third kappa shape index (κ3) is 1.92. The highest BCUT2D eigenvalue weighted by molar-refractivity contribution is 5.96.